The lowest BCUT2D eigenvalue weighted by molar-refractivity contribution is -0.159. The number of carbonyl (C=O) groups is 4. The lowest BCUT2D eigenvalue weighted by Crippen LogP contribution is -2.66. The number of carboxylic acids is 1. The maximum absolute atomic E-state index is 13.0. The normalized spacial score (nSPS) is 33.6. The fourth-order valence-corrected chi connectivity index (χ4v) is 7.08. The van der Waals surface area contributed by atoms with E-state index in [4.69, 9.17) is 0 Å². The molecule has 13 heteroatoms. The van der Waals surface area contributed by atoms with Crippen molar-refractivity contribution in [2.75, 3.05) is 26.2 Å². The van der Waals surface area contributed by atoms with Crippen LogP contribution in [0, 0.1) is 11.8 Å². The molecule has 0 bridgehead atoms. The maximum Gasteiger partial charge on any atom is 0.353 e. The van der Waals surface area contributed by atoms with Crippen LogP contribution in [0.4, 0.5) is 8.78 Å². The predicted octanol–water partition coefficient (Wildman–Crippen LogP) is -0.187. The van der Waals surface area contributed by atoms with E-state index < -0.39 is 42.2 Å². The zero-order chi connectivity index (χ0) is 25.6. The molecule has 0 aliphatic carbocycles. The molecule has 3 fully saturated rings. The monoisotopic (exact) mass is 515 g/mol. The van der Waals surface area contributed by atoms with Gasteiger partial charge in [-0.2, -0.15) is 8.78 Å². The molecule has 4 N–H and O–H groups in total. The van der Waals surface area contributed by atoms with Gasteiger partial charge in [-0.25, -0.2) is 4.79 Å². The number of nitrogens with zero attached hydrogens (tertiary/aromatic N) is 2. The molecule has 35 heavy (non-hydrogen) atoms. The smallest absolute Gasteiger partial charge is 0.353 e. The molecule has 194 valence electrons. The average Bonchev–Trinajstić information content (AvgIpc) is 3.35. The summed E-state index contributed by atoms with van der Waals surface area (Å²) in [4.78, 5) is 53.0. The quantitative estimate of drug-likeness (QED) is 0.344. The number of thioether (sulfide) groups is 1. The Kier molecular flexibility index (Phi) is 7.39. The van der Waals surface area contributed by atoms with Crippen LogP contribution in [0.5, 0.6) is 0 Å². The van der Waals surface area contributed by atoms with E-state index >= 15 is 0 Å². The Hall–Kier alpha value is -2.25. The van der Waals surface area contributed by atoms with Gasteiger partial charge >= 0.3 is 12.4 Å². The lowest BCUT2D eigenvalue weighted by Gasteiger charge is -2.47. The topological polar surface area (TPSA) is 131 Å². The van der Waals surface area contributed by atoms with Crippen molar-refractivity contribution in [2.24, 2.45) is 11.8 Å². The van der Waals surface area contributed by atoms with Gasteiger partial charge in [-0.15, -0.1) is 11.8 Å². The third-order valence-corrected chi connectivity index (χ3v) is 8.88. The number of carbonyl (C=O) groups excluding carboxylic acids is 3. The van der Waals surface area contributed by atoms with E-state index in [0.717, 1.165) is 13.1 Å². The molecule has 3 saturated heterocycles. The van der Waals surface area contributed by atoms with Crippen LogP contribution in [0.15, 0.2) is 10.6 Å². The minimum atomic E-state index is -3.20. The van der Waals surface area contributed by atoms with Gasteiger partial charge in [-0.05, 0) is 20.3 Å². The number of alkyl halides is 2. The molecule has 4 rings (SSSR count). The molecule has 0 spiro atoms. The first-order valence-corrected chi connectivity index (χ1v) is 12.7. The lowest BCUT2D eigenvalue weighted by atomic mass is 9.78. The minimum Gasteiger partial charge on any atom is -0.477 e. The molecular weight excluding hydrogens is 484 g/mol. The summed E-state index contributed by atoms with van der Waals surface area (Å²) in [6.07, 6.45) is -2.66. The largest absolute Gasteiger partial charge is 0.477 e. The number of hydrogen-bond donors (Lipinski definition) is 4. The van der Waals surface area contributed by atoms with Crippen LogP contribution >= 0.6 is 11.8 Å². The van der Waals surface area contributed by atoms with E-state index in [0.29, 0.717) is 24.4 Å². The number of rotatable bonds is 7. The van der Waals surface area contributed by atoms with Crippen LogP contribution < -0.4 is 16.0 Å². The summed E-state index contributed by atoms with van der Waals surface area (Å²) in [5, 5.41) is 18.5. The molecule has 1 unspecified atom stereocenters. The van der Waals surface area contributed by atoms with Crippen molar-refractivity contribution in [3.05, 3.63) is 10.6 Å². The number of β-lactam (4-membered cyclic amide) rings is 1. The van der Waals surface area contributed by atoms with Crippen molar-refractivity contribution in [1.29, 1.82) is 0 Å². The van der Waals surface area contributed by atoms with Crippen molar-refractivity contribution < 1.29 is 33.1 Å². The number of carboxylic acid groups (broad SMARTS) is 1. The van der Waals surface area contributed by atoms with Gasteiger partial charge in [0.15, 0.2) is 0 Å². The van der Waals surface area contributed by atoms with E-state index in [1.54, 1.807) is 0 Å². The second-order valence-electron chi connectivity index (χ2n) is 9.65. The Bertz CT molecular complexity index is 949. The predicted molar refractivity (Wildman–Crippen MR) is 123 cm³/mol. The van der Waals surface area contributed by atoms with Gasteiger partial charge in [0.25, 0.3) is 5.91 Å². The molecule has 10 nitrogen and oxygen atoms in total. The van der Waals surface area contributed by atoms with Crippen LogP contribution in [0.25, 0.3) is 0 Å². The van der Waals surface area contributed by atoms with Crippen molar-refractivity contribution in [3.63, 3.8) is 0 Å². The van der Waals surface area contributed by atoms with Gasteiger partial charge in [0, 0.05) is 54.3 Å². The van der Waals surface area contributed by atoms with Crippen molar-refractivity contribution >= 4 is 35.5 Å². The standard InChI is InChI=1S/C22H31F2N5O5S/c1-9-7-25-4-5-28(9)20(31)13-6-12(8-26-13)35-17-10(2)15-14(11(3)27-19(30)18(23)24)21(32)29(15)16(17)22(33)34/h9-15,18,25-26H,4-8H2,1-3H3,(H,27,30)(H,33,34)/t9?,10-,11-,12+,13+,14-,15-/m1/s1. The van der Waals surface area contributed by atoms with E-state index in [-0.39, 0.29) is 34.9 Å². The molecule has 4 heterocycles. The van der Waals surface area contributed by atoms with Gasteiger partial charge in [0.1, 0.15) is 5.70 Å². The van der Waals surface area contributed by atoms with Gasteiger partial charge in [0.2, 0.25) is 11.8 Å². The highest BCUT2D eigenvalue weighted by atomic mass is 32.2. The Morgan fingerprint density at radius 3 is 2.57 bits per heavy atom. The Balaban J connectivity index is 1.44. The van der Waals surface area contributed by atoms with Crippen LogP contribution in [0.3, 0.4) is 0 Å². The third kappa shape index (κ3) is 4.65. The van der Waals surface area contributed by atoms with Gasteiger partial charge < -0.3 is 30.9 Å². The molecule has 7 atom stereocenters. The van der Waals surface area contributed by atoms with E-state index in [1.165, 1.54) is 23.6 Å². The second-order valence-corrected chi connectivity index (χ2v) is 11.0. The average molecular weight is 516 g/mol. The van der Waals surface area contributed by atoms with Gasteiger partial charge in [0.05, 0.1) is 18.0 Å². The zero-order valence-corrected chi connectivity index (χ0v) is 20.6. The number of piperazine rings is 1. The molecule has 0 radical (unpaired) electrons. The number of hydrogen-bond acceptors (Lipinski definition) is 7. The van der Waals surface area contributed by atoms with Gasteiger partial charge in [-0.3, -0.25) is 14.4 Å². The van der Waals surface area contributed by atoms with Crippen LogP contribution in [0.1, 0.15) is 27.2 Å². The summed E-state index contributed by atoms with van der Waals surface area (Å²) < 4.78 is 25.3. The van der Waals surface area contributed by atoms with Crippen LogP contribution in [-0.4, -0.2) is 101 Å². The van der Waals surface area contributed by atoms with E-state index in [1.807, 2.05) is 18.7 Å². The van der Waals surface area contributed by atoms with Crippen molar-refractivity contribution in [1.82, 2.24) is 25.8 Å². The molecule has 3 amide bonds. The molecule has 4 aliphatic heterocycles. The number of aliphatic carboxylic acids is 1. The Labute approximate surface area is 206 Å². The summed E-state index contributed by atoms with van der Waals surface area (Å²) in [5.41, 5.74) is -0.0911. The number of halogens is 2. The summed E-state index contributed by atoms with van der Waals surface area (Å²) in [6.45, 7) is 7.94. The highest BCUT2D eigenvalue weighted by Gasteiger charge is 2.60. The molecule has 4 aliphatic rings. The molecule has 0 aromatic carbocycles. The SMILES string of the molecule is CC1CNCCN1C(=O)[C@@H]1C[C@H](SC2=C(C(=O)O)N3C(=O)[C@H]([C@@H](C)NC(=O)C(F)F)[C@H]3[C@H]2C)CN1. The third-order valence-electron chi connectivity index (χ3n) is 7.36. The van der Waals surface area contributed by atoms with Crippen molar-refractivity contribution in [3.8, 4) is 0 Å². The van der Waals surface area contributed by atoms with Gasteiger partial charge in [-0.1, -0.05) is 6.92 Å². The van der Waals surface area contributed by atoms with E-state index in [2.05, 4.69) is 16.0 Å². The summed E-state index contributed by atoms with van der Waals surface area (Å²) in [7, 11) is 0. The zero-order valence-electron chi connectivity index (χ0n) is 19.8. The highest BCUT2D eigenvalue weighted by molar-refractivity contribution is 8.03. The van der Waals surface area contributed by atoms with Crippen LogP contribution in [-0.2, 0) is 19.2 Å². The number of fused-ring (bicyclic) bond motifs is 1. The first-order valence-electron chi connectivity index (χ1n) is 11.8. The summed E-state index contributed by atoms with van der Waals surface area (Å²) >= 11 is 1.36. The Morgan fingerprint density at radius 2 is 1.94 bits per heavy atom. The summed E-state index contributed by atoms with van der Waals surface area (Å²) in [5.74, 6) is -4.28. The fraction of sp³-hybridized carbons (Fsp3) is 0.727. The maximum atomic E-state index is 13.0. The molecular formula is C22H31F2N5O5S. The summed E-state index contributed by atoms with van der Waals surface area (Å²) in [6, 6.07) is -1.64. The fourth-order valence-electron chi connectivity index (χ4n) is 5.60. The first-order chi connectivity index (χ1) is 16.5. The van der Waals surface area contributed by atoms with Crippen molar-refractivity contribution in [2.45, 2.75) is 63.0 Å². The number of nitrogens with one attached hydrogen (secondary N) is 3. The highest BCUT2D eigenvalue weighted by Crippen LogP contribution is 2.51. The first kappa shape index (κ1) is 25.8. The Morgan fingerprint density at radius 1 is 1.23 bits per heavy atom. The minimum absolute atomic E-state index is 0.0386. The second kappa shape index (κ2) is 10.0. The number of amides is 3. The molecule has 0 aromatic heterocycles. The van der Waals surface area contributed by atoms with E-state index in [9.17, 15) is 33.1 Å². The van der Waals surface area contributed by atoms with Crippen LogP contribution in [0.2, 0.25) is 0 Å². The molecule has 0 saturated carbocycles. The molecule has 0 aromatic rings.